The monoisotopic (exact) mass is 388 g/mol. The van der Waals surface area contributed by atoms with Crippen LogP contribution in [0.4, 0.5) is 11.4 Å². The molecule has 0 aliphatic carbocycles. The average molecular weight is 389 g/mol. The first kappa shape index (κ1) is 15.5. The SMILES string of the molecule is O=c1cc(NNC(=S)Nc2ccccc2)c2cc(Br)ccc2[nH]1. The molecule has 0 unspecified atom stereocenters. The molecule has 2 aromatic carbocycles. The predicted octanol–water partition coefficient (Wildman–Crippen LogP) is 3.60. The van der Waals surface area contributed by atoms with Crippen LogP contribution < -0.4 is 21.7 Å². The molecule has 23 heavy (non-hydrogen) atoms. The minimum absolute atomic E-state index is 0.189. The van der Waals surface area contributed by atoms with E-state index in [9.17, 15) is 4.79 Å². The van der Waals surface area contributed by atoms with Crippen molar-refractivity contribution in [1.29, 1.82) is 0 Å². The predicted molar refractivity (Wildman–Crippen MR) is 102 cm³/mol. The molecule has 4 N–H and O–H groups in total. The number of halogens is 1. The van der Waals surface area contributed by atoms with E-state index >= 15 is 0 Å². The van der Waals surface area contributed by atoms with Crippen molar-refractivity contribution in [2.45, 2.75) is 0 Å². The number of anilines is 2. The highest BCUT2D eigenvalue weighted by molar-refractivity contribution is 9.10. The minimum Gasteiger partial charge on any atom is -0.331 e. The highest BCUT2D eigenvalue weighted by Crippen LogP contribution is 2.23. The van der Waals surface area contributed by atoms with Crippen molar-refractivity contribution in [3.8, 4) is 0 Å². The van der Waals surface area contributed by atoms with Crippen molar-refractivity contribution in [2.75, 3.05) is 10.7 Å². The number of hydrogen-bond acceptors (Lipinski definition) is 3. The van der Waals surface area contributed by atoms with Crippen LogP contribution in [0.2, 0.25) is 0 Å². The molecule has 0 spiro atoms. The first-order valence-corrected chi connectivity index (χ1v) is 8.02. The number of thiocarbonyl (C=S) groups is 1. The van der Waals surface area contributed by atoms with E-state index in [-0.39, 0.29) is 5.56 Å². The molecular formula is C16H13BrN4OS. The van der Waals surface area contributed by atoms with Crippen LogP contribution in [0.5, 0.6) is 0 Å². The van der Waals surface area contributed by atoms with Crippen LogP contribution in [0, 0.1) is 0 Å². The van der Waals surface area contributed by atoms with Crippen LogP contribution in [0.1, 0.15) is 0 Å². The highest BCUT2D eigenvalue weighted by atomic mass is 79.9. The fourth-order valence-electron chi connectivity index (χ4n) is 2.14. The minimum atomic E-state index is -0.189. The lowest BCUT2D eigenvalue weighted by atomic mass is 10.2. The van der Waals surface area contributed by atoms with Gasteiger partial charge in [0.2, 0.25) is 0 Å². The number of hydrazine groups is 1. The van der Waals surface area contributed by atoms with Gasteiger partial charge in [-0.05, 0) is 42.5 Å². The van der Waals surface area contributed by atoms with E-state index in [1.165, 1.54) is 6.07 Å². The molecule has 0 aliphatic rings. The van der Waals surface area contributed by atoms with Crippen LogP contribution in [0.15, 0.2) is 63.9 Å². The van der Waals surface area contributed by atoms with E-state index in [0.717, 1.165) is 21.1 Å². The maximum atomic E-state index is 11.7. The van der Waals surface area contributed by atoms with Gasteiger partial charge in [0.25, 0.3) is 5.56 Å². The van der Waals surface area contributed by atoms with Gasteiger partial charge in [-0.25, -0.2) is 0 Å². The summed E-state index contributed by atoms with van der Waals surface area (Å²) in [6.45, 7) is 0. The molecule has 1 heterocycles. The molecule has 0 bridgehead atoms. The first-order chi connectivity index (χ1) is 11.1. The smallest absolute Gasteiger partial charge is 0.250 e. The fourth-order valence-corrected chi connectivity index (χ4v) is 2.67. The number of fused-ring (bicyclic) bond motifs is 1. The number of rotatable bonds is 3. The number of aromatic amines is 1. The summed E-state index contributed by atoms with van der Waals surface area (Å²) in [5.41, 5.74) is 7.94. The normalized spacial score (nSPS) is 10.3. The Balaban J connectivity index is 1.77. The van der Waals surface area contributed by atoms with Crippen molar-refractivity contribution in [3.05, 3.63) is 69.4 Å². The molecule has 0 fully saturated rings. The Morgan fingerprint density at radius 1 is 1.09 bits per heavy atom. The Labute approximate surface area is 146 Å². The summed E-state index contributed by atoms with van der Waals surface area (Å²) in [6, 6.07) is 16.7. The van der Waals surface area contributed by atoms with Gasteiger partial charge in [-0.15, -0.1) is 0 Å². The van der Waals surface area contributed by atoms with Gasteiger partial charge in [-0.3, -0.25) is 15.6 Å². The number of aromatic nitrogens is 1. The van der Waals surface area contributed by atoms with Gasteiger partial charge in [0.1, 0.15) is 0 Å². The Morgan fingerprint density at radius 3 is 2.65 bits per heavy atom. The molecule has 116 valence electrons. The van der Waals surface area contributed by atoms with E-state index in [1.54, 1.807) is 0 Å². The molecule has 0 aliphatic heterocycles. The van der Waals surface area contributed by atoms with Crippen LogP contribution in [-0.4, -0.2) is 10.1 Å². The molecular weight excluding hydrogens is 376 g/mol. The average Bonchev–Trinajstić information content (AvgIpc) is 2.54. The van der Waals surface area contributed by atoms with Crippen molar-refractivity contribution in [1.82, 2.24) is 10.4 Å². The van der Waals surface area contributed by atoms with Crippen LogP contribution in [0.3, 0.4) is 0 Å². The second kappa shape index (κ2) is 6.80. The van der Waals surface area contributed by atoms with Crippen molar-refractivity contribution >= 4 is 55.5 Å². The fraction of sp³-hybridized carbons (Fsp3) is 0. The van der Waals surface area contributed by atoms with E-state index in [0.29, 0.717) is 10.8 Å². The molecule has 5 nitrogen and oxygen atoms in total. The maximum Gasteiger partial charge on any atom is 0.250 e. The molecule has 0 saturated heterocycles. The first-order valence-electron chi connectivity index (χ1n) is 6.82. The van der Waals surface area contributed by atoms with E-state index in [1.807, 2.05) is 48.5 Å². The second-order valence-electron chi connectivity index (χ2n) is 4.81. The maximum absolute atomic E-state index is 11.7. The lowest BCUT2D eigenvalue weighted by Crippen LogP contribution is -2.33. The van der Waals surface area contributed by atoms with Gasteiger partial charge in [0, 0.05) is 21.6 Å². The van der Waals surface area contributed by atoms with Gasteiger partial charge < -0.3 is 10.3 Å². The van der Waals surface area contributed by atoms with Gasteiger partial charge in [0.15, 0.2) is 5.11 Å². The summed E-state index contributed by atoms with van der Waals surface area (Å²) in [5.74, 6) is 0. The summed E-state index contributed by atoms with van der Waals surface area (Å²) in [5, 5.41) is 4.32. The molecule has 3 rings (SSSR count). The molecule has 0 amide bonds. The van der Waals surface area contributed by atoms with Gasteiger partial charge in [0.05, 0.1) is 11.2 Å². The van der Waals surface area contributed by atoms with E-state index < -0.39 is 0 Å². The summed E-state index contributed by atoms with van der Waals surface area (Å²) < 4.78 is 0.921. The van der Waals surface area contributed by atoms with Crippen LogP contribution >= 0.6 is 28.1 Å². The summed E-state index contributed by atoms with van der Waals surface area (Å²) >= 11 is 8.67. The third-order valence-electron chi connectivity index (χ3n) is 3.15. The zero-order valence-corrected chi connectivity index (χ0v) is 14.3. The number of benzene rings is 2. The van der Waals surface area contributed by atoms with Crippen molar-refractivity contribution in [2.24, 2.45) is 0 Å². The van der Waals surface area contributed by atoms with Crippen molar-refractivity contribution in [3.63, 3.8) is 0 Å². The summed E-state index contributed by atoms with van der Waals surface area (Å²) in [6.07, 6.45) is 0. The quantitative estimate of drug-likeness (QED) is 0.407. The number of H-pyrrole nitrogens is 1. The third kappa shape index (κ3) is 3.88. The van der Waals surface area contributed by atoms with Gasteiger partial charge in [-0.1, -0.05) is 34.1 Å². The summed E-state index contributed by atoms with van der Waals surface area (Å²) in [7, 11) is 0. The van der Waals surface area contributed by atoms with Crippen LogP contribution in [0.25, 0.3) is 10.9 Å². The zero-order chi connectivity index (χ0) is 16.2. The standard InChI is InChI=1S/C16H13BrN4OS/c17-10-6-7-13-12(8-10)14(9-15(22)19-13)20-21-16(23)18-11-4-2-1-3-5-11/h1-9H,(H2,18,21,23)(H2,19,20,22). The Bertz CT molecular complexity index is 911. The Morgan fingerprint density at radius 2 is 1.87 bits per heavy atom. The van der Waals surface area contributed by atoms with Gasteiger partial charge in [-0.2, -0.15) is 0 Å². The largest absolute Gasteiger partial charge is 0.331 e. The Hall–Kier alpha value is -2.38. The Kier molecular flexibility index (Phi) is 4.59. The molecule has 1 aromatic heterocycles. The lowest BCUT2D eigenvalue weighted by Gasteiger charge is -2.14. The molecule has 0 atom stereocenters. The van der Waals surface area contributed by atoms with Gasteiger partial charge >= 0.3 is 0 Å². The molecule has 7 heteroatoms. The molecule has 3 aromatic rings. The zero-order valence-electron chi connectivity index (χ0n) is 11.9. The van der Waals surface area contributed by atoms with E-state index in [2.05, 4.69) is 37.1 Å². The number of nitrogens with one attached hydrogen (secondary N) is 4. The molecule has 0 radical (unpaired) electrons. The van der Waals surface area contributed by atoms with Crippen molar-refractivity contribution < 1.29 is 0 Å². The second-order valence-corrected chi connectivity index (χ2v) is 6.13. The number of para-hydroxylation sites is 1. The topological polar surface area (TPSA) is 69.0 Å². The van der Waals surface area contributed by atoms with E-state index in [4.69, 9.17) is 12.2 Å². The van der Waals surface area contributed by atoms with Crippen LogP contribution in [-0.2, 0) is 0 Å². The number of pyridine rings is 1. The number of hydrogen-bond donors (Lipinski definition) is 4. The summed E-state index contributed by atoms with van der Waals surface area (Å²) in [4.78, 5) is 14.5. The lowest BCUT2D eigenvalue weighted by molar-refractivity contribution is 1.13. The third-order valence-corrected chi connectivity index (χ3v) is 3.84. The molecule has 0 saturated carbocycles. The highest BCUT2D eigenvalue weighted by Gasteiger charge is 2.05.